The van der Waals surface area contributed by atoms with Crippen molar-refractivity contribution in [3.8, 4) is 17.1 Å². The number of morpholine rings is 1. The van der Waals surface area contributed by atoms with Crippen LogP contribution in [0.2, 0.25) is 0 Å². The molecular weight excluding hydrogens is 363 g/mol. The van der Waals surface area contributed by atoms with Crippen molar-refractivity contribution in [2.75, 3.05) is 26.3 Å². The van der Waals surface area contributed by atoms with Gasteiger partial charge in [0.25, 0.3) is 0 Å². The fraction of sp³-hybridized carbons (Fsp3) is 0.300. The second-order valence-corrected chi connectivity index (χ2v) is 7.14. The zero-order chi connectivity index (χ0) is 18.8. The number of halogens is 1. The minimum atomic E-state index is -0.309. The third-order valence-electron chi connectivity index (χ3n) is 4.82. The molecule has 0 bridgehead atoms. The molecule has 0 radical (unpaired) electrons. The summed E-state index contributed by atoms with van der Waals surface area (Å²) in [5.41, 5.74) is 2.48. The Hall–Kier alpha value is -2.35. The van der Waals surface area contributed by atoms with Crippen molar-refractivity contribution in [1.82, 2.24) is 14.3 Å². The van der Waals surface area contributed by atoms with Crippen LogP contribution in [0, 0.1) is 17.5 Å². The lowest BCUT2D eigenvalue weighted by Gasteiger charge is -2.23. The maximum absolute atomic E-state index is 14.5. The molecule has 0 saturated carbocycles. The molecule has 1 aliphatic rings. The van der Waals surface area contributed by atoms with Crippen molar-refractivity contribution < 1.29 is 14.0 Å². The van der Waals surface area contributed by atoms with E-state index in [-0.39, 0.29) is 5.82 Å². The molecule has 0 atom stereocenters. The highest BCUT2D eigenvalue weighted by Gasteiger charge is 2.21. The Morgan fingerprint density at radius 3 is 2.52 bits per heavy atom. The first kappa shape index (κ1) is 18.0. The van der Waals surface area contributed by atoms with Gasteiger partial charge in [-0.15, -0.1) is 5.10 Å². The summed E-state index contributed by atoms with van der Waals surface area (Å²) in [7, 11) is 0. The molecule has 1 aromatic heterocycles. The summed E-state index contributed by atoms with van der Waals surface area (Å²) < 4.78 is 24.2. The number of hydrogen-bond donors (Lipinski definition) is 1. The highest BCUT2D eigenvalue weighted by atomic mass is 32.1. The van der Waals surface area contributed by atoms with E-state index in [0.717, 1.165) is 37.6 Å². The van der Waals surface area contributed by atoms with Crippen molar-refractivity contribution in [3.63, 3.8) is 0 Å². The molecule has 7 heteroatoms. The van der Waals surface area contributed by atoms with E-state index in [9.17, 15) is 4.39 Å². The van der Waals surface area contributed by atoms with E-state index in [1.165, 1.54) is 11.0 Å². The van der Waals surface area contributed by atoms with Gasteiger partial charge in [-0.2, -0.15) is 4.68 Å². The molecule has 2 aromatic carbocycles. The Balaban J connectivity index is 1.83. The van der Waals surface area contributed by atoms with E-state index in [1.54, 1.807) is 16.8 Å². The number of ether oxygens (including phenoxy) is 1. The molecular formula is C20H22FN4OS+. The maximum Gasteiger partial charge on any atom is 0.207 e. The van der Waals surface area contributed by atoms with Gasteiger partial charge < -0.3 is 9.64 Å². The number of aryl methyl sites for hydroxylation is 1. The van der Waals surface area contributed by atoms with E-state index in [4.69, 9.17) is 22.1 Å². The van der Waals surface area contributed by atoms with E-state index < -0.39 is 0 Å². The lowest BCUT2D eigenvalue weighted by atomic mass is 10.2. The van der Waals surface area contributed by atoms with Crippen molar-refractivity contribution in [1.29, 1.82) is 0 Å². The molecule has 0 unspecified atom stereocenters. The molecule has 27 heavy (non-hydrogen) atoms. The SMILES string of the molecule is Cc1ccc(-n2c(-c3ccccc3F)nn(C[NH+]3CCOCC3)c2=S)cc1. The summed E-state index contributed by atoms with van der Waals surface area (Å²) in [5, 5.41) is 4.71. The maximum atomic E-state index is 14.5. The molecule has 0 amide bonds. The second-order valence-electron chi connectivity index (χ2n) is 6.78. The van der Waals surface area contributed by atoms with Crippen LogP contribution in [0.5, 0.6) is 0 Å². The monoisotopic (exact) mass is 385 g/mol. The van der Waals surface area contributed by atoms with Crippen LogP contribution in [0.15, 0.2) is 48.5 Å². The molecule has 5 nitrogen and oxygen atoms in total. The zero-order valence-corrected chi connectivity index (χ0v) is 16.0. The van der Waals surface area contributed by atoms with Crippen LogP contribution in [0.1, 0.15) is 5.56 Å². The number of rotatable bonds is 4. The van der Waals surface area contributed by atoms with Crippen molar-refractivity contribution in [2.45, 2.75) is 13.6 Å². The van der Waals surface area contributed by atoms with Gasteiger partial charge in [0.05, 0.1) is 18.8 Å². The Morgan fingerprint density at radius 1 is 1.11 bits per heavy atom. The molecule has 1 saturated heterocycles. The largest absolute Gasteiger partial charge is 0.370 e. The quantitative estimate of drug-likeness (QED) is 0.701. The van der Waals surface area contributed by atoms with E-state index >= 15 is 0 Å². The Bertz CT molecular complexity index is 990. The van der Waals surface area contributed by atoms with Gasteiger partial charge in [-0.05, 0) is 43.4 Å². The first-order valence-electron chi connectivity index (χ1n) is 9.06. The van der Waals surface area contributed by atoms with E-state index in [0.29, 0.717) is 22.8 Å². The zero-order valence-electron chi connectivity index (χ0n) is 15.2. The predicted molar refractivity (Wildman–Crippen MR) is 104 cm³/mol. The number of nitrogens with zero attached hydrogens (tertiary/aromatic N) is 3. The number of aromatic nitrogens is 3. The Morgan fingerprint density at radius 2 is 1.81 bits per heavy atom. The number of quaternary nitrogens is 1. The smallest absolute Gasteiger partial charge is 0.207 e. The van der Waals surface area contributed by atoms with Gasteiger partial charge in [0.1, 0.15) is 18.9 Å². The molecule has 1 fully saturated rings. The fourth-order valence-corrected chi connectivity index (χ4v) is 3.58. The van der Waals surface area contributed by atoms with Gasteiger partial charge in [0, 0.05) is 5.69 Å². The number of benzene rings is 2. The topological polar surface area (TPSA) is 36.4 Å². The third-order valence-corrected chi connectivity index (χ3v) is 5.21. The van der Waals surface area contributed by atoms with Crippen LogP contribution in [-0.2, 0) is 11.4 Å². The average Bonchev–Trinajstić information content (AvgIpc) is 3.00. The summed E-state index contributed by atoms with van der Waals surface area (Å²) in [6.07, 6.45) is 0. The molecule has 4 rings (SSSR count). The molecule has 3 aromatic rings. The Kier molecular flexibility index (Phi) is 5.15. The standard InChI is InChI=1S/C20H21FN4OS/c1-15-6-8-16(9-7-15)25-19(17-4-2-3-5-18(17)21)22-24(20(25)27)14-23-10-12-26-13-11-23/h2-9H,10-14H2,1H3/p+1. The lowest BCUT2D eigenvalue weighted by molar-refractivity contribution is -0.930. The van der Waals surface area contributed by atoms with Crippen molar-refractivity contribution >= 4 is 12.2 Å². The van der Waals surface area contributed by atoms with Crippen LogP contribution in [-0.4, -0.2) is 40.7 Å². The summed E-state index contributed by atoms with van der Waals surface area (Å²) >= 11 is 5.74. The van der Waals surface area contributed by atoms with Gasteiger partial charge in [0.15, 0.2) is 12.5 Å². The lowest BCUT2D eigenvalue weighted by Crippen LogP contribution is -3.13. The molecule has 140 valence electrons. The van der Waals surface area contributed by atoms with Crippen LogP contribution in [0.25, 0.3) is 17.1 Å². The summed E-state index contributed by atoms with van der Waals surface area (Å²) in [6, 6.07) is 14.7. The summed E-state index contributed by atoms with van der Waals surface area (Å²) in [5.74, 6) is 0.214. The van der Waals surface area contributed by atoms with Crippen molar-refractivity contribution in [3.05, 3.63) is 64.7 Å². The molecule has 0 spiro atoms. The van der Waals surface area contributed by atoms with E-state index in [2.05, 4.69) is 0 Å². The van der Waals surface area contributed by atoms with Crippen LogP contribution in [0.4, 0.5) is 4.39 Å². The van der Waals surface area contributed by atoms with Crippen LogP contribution < -0.4 is 4.90 Å². The normalized spacial score (nSPS) is 15.2. The molecule has 0 aliphatic carbocycles. The first-order chi connectivity index (χ1) is 13.1. The molecule has 1 N–H and O–H groups in total. The average molecular weight is 385 g/mol. The summed E-state index contributed by atoms with van der Waals surface area (Å²) in [6.45, 7) is 5.97. The number of hydrogen-bond acceptors (Lipinski definition) is 3. The molecule has 2 heterocycles. The van der Waals surface area contributed by atoms with Gasteiger partial charge >= 0.3 is 0 Å². The second kappa shape index (κ2) is 7.72. The number of nitrogens with one attached hydrogen (secondary N) is 1. The van der Waals surface area contributed by atoms with Crippen LogP contribution in [0.3, 0.4) is 0 Å². The summed E-state index contributed by atoms with van der Waals surface area (Å²) in [4.78, 5) is 1.35. The minimum Gasteiger partial charge on any atom is -0.370 e. The van der Waals surface area contributed by atoms with Gasteiger partial charge in [0.2, 0.25) is 4.77 Å². The van der Waals surface area contributed by atoms with Gasteiger partial charge in [-0.25, -0.2) is 4.39 Å². The predicted octanol–water partition coefficient (Wildman–Crippen LogP) is 2.39. The fourth-order valence-electron chi connectivity index (χ4n) is 3.28. The Labute approximate surface area is 162 Å². The highest BCUT2D eigenvalue weighted by Crippen LogP contribution is 2.25. The van der Waals surface area contributed by atoms with Crippen LogP contribution >= 0.6 is 12.2 Å². The van der Waals surface area contributed by atoms with Crippen molar-refractivity contribution in [2.24, 2.45) is 0 Å². The third kappa shape index (κ3) is 3.71. The highest BCUT2D eigenvalue weighted by molar-refractivity contribution is 7.71. The molecule has 1 aliphatic heterocycles. The first-order valence-corrected chi connectivity index (χ1v) is 9.47. The van der Waals surface area contributed by atoms with Gasteiger partial charge in [-0.3, -0.25) is 4.57 Å². The van der Waals surface area contributed by atoms with E-state index in [1.807, 2.05) is 41.8 Å². The minimum absolute atomic E-state index is 0.309. The van der Waals surface area contributed by atoms with Gasteiger partial charge in [-0.1, -0.05) is 29.8 Å².